The smallest absolute Gasteiger partial charge is 0.305 e. The van der Waals surface area contributed by atoms with E-state index in [2.05, 4.69) is 26.8 Å². The number of aliphatic hydroxyl groups excluding tert-OH is 1. The van der Waals surface area contributed by atoms with E-state index in [-0.39, 0.29) is 33.4 Å². The van der Waals surface area contributed by atoms with Crippen molar-refractivity contribution in [3.05, 3.63) is 182 Å². The highest BCUT2D eigenvalue weighted by atomic mass is 79.9. The van der Waals surface area contributed by atoms with Crippen molar-refractivity contribution < 1.29 is 45.7 Å². The van der Waals surface area contributed by atoms with E-state index in [1.807, 2.05) is 115 Å². The number of benzene rings is 5. The van der Waals surface area contributed by atoms with Crippen molar-refractivity contribution in [2.45, 2.75) is 54.1 Å². The fourth-order valence-corrected chi connectivity index (χ4v) is 12.8. The summed E-state index contributed by atoms with van der Waals surface area (Å²) in [5.74, 6) is 3.36. The van der Waals surface area contributed by atoms with Gasteiger partial charge in [0.05, 0.1) is 35.7 Å². The number of aromatic amines is 1. The van der Waals surface area contributed by atoms with Gasteiger partial charge in [-0.15, -0.1) is 11.8 Å². The van der Waals surface area contributed by atoms with Crippen molar-refractivity contribution in [3.8, 4) is 5.75 Å². The van der Waals surface area contributed by atoms with Crippen LogP contribution in [0, 0.1) is 11.7 Å². The number of phenolic OH excluding ortho intramolecular Hbond substituents is 1. The summed E-state index contributed by atoms with van der Waals surface area (Å²) in [6.07, 6.45) is 3.65. The van der Waals surface area contributed by atoms with Crippen LogP contribution in [0.3, 0.4) is 0 Å². The highest BCUT2D eigenvalue weighted by Crippen LogP contribution is 2.44. The second kappa shape index (κ2) is 24.7. The number of quaternary nitrogens is 1. The summed E-state index contributed by atoms with van der Waals surface area (Å²) in [5, 5.41) is 44.8. The maximum atomic E-state index is 13.8. The van der Waals surface area contributed by atoms with Crippen LogP contribution >= 0.6 is 46.5 Å². The van der Waals surface area contributed by atoms with Gasteiger partial charge in [-0.2, -0.15) is 11.8 Å². The topological polar surface area (TPSA) is 144 Å². The second-order valence-corrected chi connectivity index (χ2v) is 21.3. The van der Waals surface area contributed by atoms with Crippen molar-refractivity contribution >= 4 is 56.7 Å². The minimum atomic E-state index is -1.39. The number of H-pyrrole nitrogens is 1. The molecule has 360 valence electrons. The van der Waals surface area contributed by atoms with E-state index in [0.717, 1.165) is 113 Å². The summed E-state index contributed by atoms with van der Waals surface area (Å²) in [6, 6.07) is 39.3. The Morgan fingerprint density at radius 3 is 2.34 bits per heavy atom. The molecule has 6 N–H and O–H groups in total. The number of nitrogens with zero attached hydrogens (tertiary/aromatic N) is 2. The number of hydrogen-bond donors (Lipinski definition) is 6. The maximum Gasteiger partial charge on any atom is 0.305 e. The standard InChI is InChI=1S/C30H30FN2O2S.C22H28ClN3O3S2.BrH/c31-25-12-7-13-27(18-25)36-28-21-33(16-14-22(28)15-17-33)20-26-19-29(32-35-26)30(34,23-8-3-1-4-9-23)24-10-5-2-6-11-24;23-17-5-2-1-4-15(17)8-10-24-9-3-12-30-13-11-25-14-19(28)16-6-7-18(27)20-21(16)31-22(29)26-20;/h1-13,18-19,22,28,34H,14-17,20-21H2;1-2,4-7,19,24-25,27-28H,3,8-14H2,(H,26,29);1H/q+1;;/p-1/t22?,28-,33?;19-;/m00./s1. The summed E-state index contributed by atoms with van der Waals surface area (Å²) in [6.45, 7) is 7.12. The van der Waals surface area contributed by atoms with Crippen molar-refractivity contribution in [2.24, 2.45) is 5.92 Å². The highest BCUT2D eigenvalue weighted by Gasteiger charge is 2.47. The Morgan fingerprint density at radius 1 is 0.897 bits per heavy atom. The van der Waals surface area contributed by atoms with Gasteiger partial charge >= 0.3 is 4.87 Å². The summed E-state index contributed by atoms with van der Waals surface area (Å²) in [7, 11) is 0. The Balaban J connectivity index is 0.000000201. The van der Waals surface area contributed by atoms with E-state index in [4.69, 9.17) is 16.1 Å². The summed E-state index contributed by atoms with van der Waals surface area (Å²) in [4.78, 5) is 15.0. The molecule has 0 spiro atoms. The van der Waals surface area contributed by atoms with Gasteiger partial charge in [0.1, 0.15) is 29.3 Å². The average molecular weight is 1060 g/mol. The van der Waals surface area contributed by atoms with Crippen molar-refractivity contribution in [1.29, 1.82) is 0 Å². The predicted molar refractivity (Wildman–Crippen MR) is 271 cm³/mol. The molecule has 16 heteroatoms. The van der Waals surface area contributed by atoms with Crippen LogP contribution in [-0.4, -0.2) is 92.5 Å². The Labute approximate surface area is 425 Å². The third kappa shape index (κ3) is 13.0. The zero-order chi connectivity index (χ0) is 46.6. The molecule has 2 bridgehead atoms. The van der Waals surface area contributed by atoms with E-state index < -0.39 is 11.7 Å². The van der Waals surface area contributed by atoms with Crippen molar-refractivity contribution in [1.82, 2.24) is 20.8 Å². The van der Waals surface area contributed by atoms with Crippen LogP contribution in [0.25, 0.3) is 10.2 Å². The van der Waals surface area contributed by atoms with E-state index in [1.165, 1.54) is 30.5 Å². The quantitative estimate of drug-likeness (QED) is 0.0369. The number of halogens is 3. The predicted octanol–water partition coefficient (Wildman–Crippen LogP) is 6.53. The SMILES string of the molecule is O=c1[nH]c2c(O)ccc([C@@H](O)CNCCSCCCNCCc3ccccc3Cl)c2s1.OC(c1ccccc1)(c1ccccc1)c1cc(C[N+]23CCC(CC2)[C@@H](Sc2cccc(F)c2)C3)on1.[Br-]. The molecule has 0 radical (unpaired) electrons. The second-order valence-electron chi connectivity index (χ2n) is 17.4. The molecule has 3 aliphatic rings. The van der Waals surface area contributed by atoms with Crippen LogP contribution in [0.1, 0.15) is 59.1 Å². The van der Waals surface area contributed by atoms with Crippen molar-refractivity contribution in [3.63, 3.8) is 0 Å². The molecule has 68 heavy (non-hydrogen) atoms. The lowest BCUT2D eigenvalue weighted by Crippen LogP contribution is -3.00. The molecule has 0 aliphatic carbocycles. The lowest BCUT2D eigenvalue weighted by molar-refractivity contribution is -0.954. The number of aromatic nitrogens is 2. The molecule has 10 nitrogen and oxygen atoms in total. The Bertz CT molecular complexity index is 2680. The van der Waals surface area contributed by atoms with E-state index in [1.54, 1.807) is 18.2 Å². The zero-order valence-electron chi connectivity index (χ0n) is 37.7. The molecule has 3 fully saturated rings. The third-order valence-electron chi connectivity index (χ3n) is 12.8. The number of thioether (sulfide) groups is 2. The van der Waals surface area contributed by atoms with Gasteiger partial charge in [0, 0.05) is 53.2 Å². The summed E-state index contributed by atoms with van der Waals surface area (Å²) < 4.78 is 21.2. The van der Waals surface area contributed by atoms with Gasteiger partial charge in [0.15, 0.2) is 11.4 Å². The maximum absolute atomic E-state index is 13.8. The molecule has 0 unspecified atom stereocenters. The average Bonchev–Trinajstić information content (AvgIpc) is 3.99. The highest BCUT2D eigenvalue weighted by molar-refractivity contribution is 8.00. The minimum absolute atomic E-state index is 0. The number of rotatable bonds is 20. The number of aromatic hydroxyl groups is 1. The first-order valence-electron chi connectivity index (χ1n) is 22.9. The van der Waals surface area contributed by atoms with Gasteiger partial charge in [0.2, 0.25) is 0 Å². The molecule has 7 aromatic rings. The van der Waals surface area contributed by atoms with Crippen LogP contribution in [0.2, 0.25) is 5.02 Å². The van der Waals surface area contributed by atoms with E-state index in [0.29, 0.717) is 39.2 Å². The number of thiazole rings is 1. The zero-order valence-corrected chi connectivity index (χ0v) is 42.5. The van der Waals surface area contributed by atoms with Crippen molar-refractivity contribution in [2.75, 3.05) is 57.3 Å². The molecule has 5 aromatic carbocycles. The van der Waals surface area contributed by atoms with Gasteiger partial charge in [-0.25, -0.2) is 4.39 Å². The van der Waals surface area contributed by atoms with E-state index in [9.17, 15) is 24.5 Å². The Kier molecular flexibility index (Phi) is 18.8. The molecule has 2 aromatic heterocycles. The van der Waals surface area contributed by atoms with Crippen LogP contribution in [0.5, 0.6) is 5.75 Å². The van der Waals surface area contributed by atoms with Crippen LogP contribution in [0.4, 0.5) is 4.39 Å². The third-order valence-corrected chi connectivity index (χ3v) is 16.5. The molecule has 10 rings (SSSR count). The number of piperidine rings is 3. The number of nitrogens with one attached hydrogen (secondary N) is 3. The first-order chi connectivity index (χ1) is 32.6. The number of phenols is 1. The van der Waals surface area contributed by atoms with Gasteiger partial charge in [0.25, 0.3) is 0 Å². The molecular formula is C52H58BrClFN5O5S3. The lowest BCUT2D eigenvalue weighted by atomic mass is 9.83. The first-order valence-corrected chi connectivity index (χ1v) is 26.2. The molecular weight excluding hydrogens is 1010 g/mol. The first kappa shape index (κ1) is 51.8. The molecule has 3 aliphatic heterocycles. The van der Waals surface area contributed by atoms with Crippen LogP contribution in [0.15, 0.2) is 142 Å². The normalized spacial score (nSPS) is 18.2. The fourth-order valence-electron chi connectivity index (χ4n) is 9.25. The monoisotopic (exact) mass is 1060 g/mol. The number of fused-ring (bicyclic) bond motifs is 4. The Hall–Kier alpha value is -4.00. The van der Waals surface area contributed by atoms with Crippen LogP contribution < -0.4 is 32.5 Å². The fraction of sp³-hybridized carbons (Fsp3) is 0.346. The Morgan fingerprint density at radius 2 is 1.62 bits per heavy atom. The largest absolute Gasteiger partial charge is 1.00 e. The van der Waals surface area contributed by atoms with Crippen LogP contribution in [-0.2, 0) is 18.6 Å². The van der Waals surface area contributed by atoms with Gasteiger partial charge in [-0.1, -0.05) is 119 Å². The molecule has 0 amide bonds. The lowest BCUT2D eigenvalue weighted by Gasteiger charge is -2.52. The molecule has 0 saturated carbocycles. The minimum Gasteiger partial charge on any atom is -1.00 e. The molecule has 5 heterocycles. The molecule has 3 saturated heterocycles. The van der Waals surface area contributed by atoms with Gasteiger partial charge in [-0.3, -0.25) is 4.79 Å². The summed E-state index contributed by atoms with van der Waals surface area (Å²) >= 11 is 10.9. The number of hydrogen-bond acceptors (Lipinski definition) is 11. The number of aliphatic hydroxyl groups is 2. The van der Waals surface area contributed by atoms with Gasteiger partial charge < -0.3 is 56.9 Å². The van der Waals surface area contributed by atoms with Gasteiger partial charge in [-0.05, 0) is 84.6 Å². The molecule has 2 atom stereocenters. The van der Waals surface area contributed by atoms with E-state index >= 15 is 0 Å². The summed E-state index contributed by atoms with van der Waals surface area (Å²) in [5.41, 5.74) is 2.85.